The molecule has 25 heavy (non-hydrogen) atoms. The summed E-state index contributed by atoms with van der Waals surface area (Å²) < 4.78 is 38.4. The van der Waals surface area contributed by atoms with Crippen molar-refractivity contribution in [3.8, 4) is 22.8 Å². The van der Waals surface area contributed by atoms with Gasteiger partial charge in [0.15, 0.2) is 0 Å². The van der Waals surface area contributed by atoms with Gasteiger partial charge in [-0.25, -0.2) is 13.4 Å². The van der Waals surface area contributed by atoms with E-state index >= 15 is 0 Å². The number of rotatable bonds is 6. The summed E-state index contributed by atoms with van der Waals surface area (Å²) in [6.07, 6.45) is 3.23. The number of aromatic nitrogens is 2. The predicted molar refractivity (Wildman–Crippen MR) is 94.4 cm³/mol. The normalized spacial score (nSPS) is 11.1. The number of imidazole rings is 1. The average Bonchev–Trinajstić information content (AvgIpc) is 3.15. The molecule has 0 saturated carbocycles. The fourth-order valence-electron chi connectivity index (χ4n) is 2.37. The number of sulfonamides is 1. The summed E-state index contributed by atoms with van der Waals surface area (Å²) in [5, 5.41) is 0. The molecule has 0 aliphatic heterocycles. The fourth-order valence-corrected chi connectivity index (χ4v) is 3.60. The van der Waals surface area contributed by atoms with Crippen LogP contribution in [0.1, 0.15) is 0 Å². The standard InChI is InChI=1S/C17H17N3O4S/c1-23-14-6-7-16(24-2)17(9-14)25(21,22)20-13-5-3-4-12(8-13)15-10-18-11-19-15/h3-11,20H,1-2H3,(H,18,19). The van der Waals surface area contributed by atoms with Gasteiger partial charge < -0.3 is 14.5 Å². The molecule has 0 unspecified atom stereocenters. The van der Waals surface area contributed by atoms with E-state index in [1.54, 1.807) is 42.9 Å². The third-order valence-electron chi connectivity index (χ3n) is 3.58. The van der Waals surface area contributed by atoms with Crippen LogP contribution in [0.4, 0.5) is 5.69 Å². The minimum Gasteiger partial charge on any atom is -0.497 e. The minimum absolute atomic E-state index is 0.00120. The van der Waals surface area contributed by atoms with E-state index in [1.165, 1.54) is 20.3 Å². The maximum atomic E-state index is 12.8. The molecule has 3 aromatic rings. The van der Waals surface area contributed by atoms with E-state index < -0.39 is 10.0 Å². The third kappa shape index (κ3) is 3.58. The highest BCUT2D eigenvalue weighted by Crippen LogP contribution is 2.30. The fraction of sp³-hybridized carbons (Fsp3) is 0.118. The Kier molecular flexibility index (Phi) is 4.62. The number of hydrogen-bond acceptors (Lipinski definition) is 5. The number of aromatic amines is 1. The minimum atomic E-state index is -3.86. The number of H-pyrrole nitrogens is 1. The van der Waals surface area contributed by atoms with Gasteiger partial charge in [-0.15, -0.1) is 0 Å². The zero-order valence-corrected chi connectivity index (χ0v) is 14.5. The number of ether oxygens (including phenoxy) is 2. The summed E-state index contributed by atoms with van der Waals surface area (Å²) in [5.41, 5.74) is 2.03. The second-order valence-corrected chi connectivity index (χ2v) is 6.82. The molecule has 1 aromatic heterocycles. The van der Waals surface area contributed by atoms with Gasteiger partial charge in [0.25, 0.3) is 10.0 Å². The maximum Gasteiger partial charge on any atom is 0.265 e. The second-order valence-electron chi connectivity index (χ2n) is 5.17. The van der Waals surface area contributed by atoms with Gasteiger partial charge in [-0.3, -0.25) is 4.72 Å². The van der Waals surface area contributed by atoms with Crippen molar-refractivity contribution in [2.75, 3.05) is 18.9 Å². The molecule has 0 aliphatic rings. The van der Waals surface area contributed by atoms with Crippen LogP contribution in [0.2, 0.25) is 0 Å². The van der Waals surface area contributed by atoms with Crippen molar-refractivity contribution in [1.82, 2.24) is 9.97 Å². The van der Waals surface area contributed by atoms with E-state index in [9.17, 15) is 8.42 Å². The van der Waals surface area contributed by atoms with Crippen LogP contribution in [0.25, 0.3) is 11.3 Å². The summed E-state index contributed by atoms with van der Waals surface area (Å²) in [5.74, 6) is 0.658. The topological polar surface area (TPSA) is 93.3 Å². The summed E-state index contributed by atoms with van der Waals surface area (Å²) in [4.78, 5) is 6.95. The molecule has 7 nitrogen and oxygen atoms in total. The Morgan fingerprint density at radius 3 is 2.60 bits per heavy atom. The Labute approximate surface area is 145 Å². The van der Waals surface area contributed by atoms with Gasteiger partial charge in [0.1, 0.15) is 16.4 Å². The Morgan fingerprint density at radius 1 is 1.08 bits per heavy atom. The molecule has 0 saturated heterocycles. The van der Waals surface area contributed by atoms with E-state index in [-0.39, 0.29) is 10.6 Å². The molecule has 0 radical (unpaired) electrons. The van der Waals surface area contributed by atoms with E-state index in [1.807, 2.05) is 6.07 Å². The largest absolute Gasteiger partial charge is 0.497 e. The lowest BCUT2D eigenvalue weighted by atomic mass is 10.1. The predicted octanol–water partition coefficient (Wildman–Crippen LogP) is 2.89. The second kappa shape index (κ2) is 6.86. The summed E-state index contributed by atoms with van der Waals surface area (Å²) in [6.45, 7) is 0. The first-order valence-electron chi connectivity index (χ1n) is 7.37. The van der Waals surface area contributed by atoms with Crippen LogP contribution in [-0.2, 0) is 10.0 Å². The molecular formula is C17H17N3O4S. The molecule has 1 heterocycles. The first kappa shape index (κ1) is 16.8. The highest BCUT2D eigenvalue weighted by Gasteiger charge is 2.21. The van der Waals surface area contributed by atoms with Gasteiger partial charge in [0, 0.05) is 17.3 Å². The van der Waals surface area contributed by atoms with E-state index in [2.05, 4.69) is 14.7 Å². The van der Waals surface area contributed by atoms with Crippen LogP contribution in [-0.4, -0.2) is 32.6 Å². The third-order valence-corrected chi connectivity index (χ3v) is 4.99. The monoisotopic (exact) mass is 359 g/mol. The van der Waals surface area contributed by atoms with Gasteiger partial charge >= 0.3 is 0 Å². The zero-order chi connectivity index (χ0) is 17.9. The SMILES string of the molecule is COc1ccc(OC)c(S(=O)(=O)Nc2cccc(-c3cnc[nH]3)c2)c1. The Bertz CT molecular complexity index is 969. The van der Waals surface area contributed by atoms with E-state index in [0.29, 0.717) is 11.4 Å². The van der Waals surface area contributed by atoms with E-state index in [0.717, 1.165) is 11.3 Å². The zero-order valence-electron chi connectivity index (χ0n) is 13.7. The molecule has 0 atom stereocenters. The van der Waals surface area contributed by atoms with Crippen molar-refractivity contribution < 1.29 is 17.9 Å². The first-order chi connectivity index (χ1) is 12.0. The van der Waals surface area contributed by atoms with Gasteiger partial charge in [0.05, 0.1) is 32.4 Å². The van der Waals surface area contributed by atoms with Crippen molar-refractivity contribution in [3.05, 3.63) is 55.0 Å². The molecule has 0 fully saturated rings. The number of nitrogens with zero attached hydrogens (tertiary/aromatic N) is 1. The van der Waals surface area contributed by atoms with Crippen LogP contribution in [0.5, 0.6) is 11.5 Å². The molecule has 130 valence electrons. The molecule has 0 aliphatic carbocycles. The molecule has 3 rings (SSSR count). The van der Waals surface area contributed by atoms with Gasteiger partial charge in [0.2, 0.25) is 0 Å². The van der Waals surface area contributed by atoms with Crippen molar-refractivity contribution in [2.24, 2.45) is 0 Å². The van der Waals surface area contributed by atoms with E-state index in [4.69, 9.17) is 9.47 Å². The van der Waals surface area contributed by atoms with Crippen molar-refractivity contribution >= 4 is 15.7 Å². The van der Waals surface area contributed by atoms with Crippen molar-refractivity contribution in [2.45, 2.75) is 4.90 Å². The van der Waals surface area contributed by atoms with Gasteiger partial charge in [-0.2, -0.15) is 0 Å². The molecule has 2 N–H and O–H groups in total. The Balaban J connectivity index is 1.96. The van der Waals surface area contributed by atoms with Gasteiger partial charge in [-0.1, -0.05) is 12.1 Å². The van der Waals surface area contributed by atoms with Crippen molar-refractivity contribution in [3.63, 3.8) is 0 Å². The summed E-state index contributed by atoms with van der Waals surface area (Å²) >= 11 is 0. The molecule has 0 bridgehead atoms. The molecule has 0 spiro atoms. The Hall–Kier alpha value is -3.00. The van der Waals surface area contributed by atoms with Crippen LogP contribution in [0.15, 0.2) is 59.9 Å². The summed E-state index contributed by atoms with van der Waals surface area (Å²) in [6, 6.07) is 11.6. The van der Waals surface area contributed by atoms with Crippen LogP contribution >= 0.6 is 0 Å². The Morgan fingerprint density at radius 2 is 1.92 bits per heavy atom. The molecule has 0 amide bonds. The van der Waals surface area contributed by atoms with Crippen LogP contribution < -0.4 is 14.2 Å². The smallest absolute Gasteiger partial charge is 0.265 e. The van der Waals surface area contributed by atoms with Crippen LogP contribution in [0.3, 0.4) is 0 Å². The highest BCUT2D eigenvalue weighted by molar-refractivity contribution is 7.92. The lowest BCUT2D eigenvalue weighted by Gasteiger charge is -2.13. The highest BCUT2D eigenvalue weighted by atomic mass is 32.2. The number of anilines is 1. The van der Waals surface area contributed by atoms with Gasteiger partial charge in [-0.05, 0) is 24.3 Å². The first-order valence-corrected chi connectivity index (χ1v) is 8.85. The molecule has 2 aromatic carbocycles. The molecular weight excluding hydrogens is 342 g/mol. The lowest BCUT2D eigenvalue weighted by molar-refractivity contribution is 0.392. The quantitative estimate of drug-likeness (QED) is 0.706. The number of methoxy groups -OCH3 is 2. The number of nitrogens with one attached hydrogen (secondary N) is 2. The van der Waals surface area contributed by atoms with Crippen molar-refractivity contribution in [1.29, 1.82) is 0 Å². The average molecular weight is 359 g/mol. The maximum absolute atomic E-state index is 12.8. The molecule has 8 heteroatoms. The number of hydrogen-bond donors (Lipinski definition) is 2. The number of benzene rings is 2. The summed E-state index contributed by atoms with van der Waals surface area (Å²) in [7, 11) is -0.967. The lowest BCUT2D eigenvalue weighted by Crippen LogP contribution is -2.14. The van der Waals surface area contributed by atoms with Crippen LogP contribution in [0, 0.1) is 0 Å².